The molecule has 1 aliphatic carbocycles. The summed E-state index contributed by atoms with van der Waals surface area (Å²) in [5, 5.41) is 0. The number of halogens is 1. The summed E-state index contributed by atoms with van der Waals surface area (Å²) in [5.74, 6) is 0.571. The van der Waals surface area contributed by atoms with Gasteiger partial charge in [-0.1, -0.05) is 67.0 Å². The van der Waals surface area contributed by atoms with Crippen molar-refractivity contribution < 1.29 is 0 Å². The van der Waals surface area contributed by atoms with E-state index in [9.17, 15) is 0 Å². The van der Waals surface area contributed by atoms with Crippen molar-refractivity contribution in [1.82, 2.24) is 0 Å². The van der Waals surface area contributed by atoms with Crippen LogP contribution in [0.3, 0.4) is 0 Å². The lowest BCUT2D eigenvalue weighted by Gasteiger charge is -2.32. The third kappa shape index (κ3) is 6.09. The zero-order valence-corrected chi connectivity index (χ0v) is 14.9. The first-order valence-corrected chi connectivity index (χ1v) is 8.36. The number of hydrogen-bond donors (Lipinski definition) is 0. The summed E-state index contributed by atoms with van der Waals surface area (Å²) in [6.07, 6.45) is 16.7. The minimum Gasteiger partial charge on any atom is -0.122 e. The Morgan fingerprint density at radius 2 is 1.90 bits per heavy atom. The predicted molar refractivity (Wildman–Crippen MR) is 96.8 cm³/mol. The number of alkyl halides is 1. The van der Waals surface area contributed by atoms with Gasteiger partial charge in [0.25, 0.3) is 0 Å². The lowest BCUT2D eigenvalue weighted by atomic mass is 9.72. The molecule has 1 rings (SSSR count). The van der Waals surface area contributed by atoms with Crippen LogP contribution < -0.4 is 0 Å². The second-order valence-corrected chi connectivity index (χ2v) is 6.95. The maximum Gasteiger partial charge on any atom is 0.0409 e. The van der Waals surface area contributed by atoms with Crippen LogP contribution in [0, 0.1) is 5.41 Å². The Morgan fingerprint density at radius 1 is 1.19 bits per heavy atom. The Hall–Kier alpha value is -1.01. The van der Waals surface area contributed by atoms with Gasteiger partial charge >= 0.3 is 0 Å². The van der Waals surface area contributed by atoms with Gasteiger partial charge in [0.2, 0.25) is 0 Å². The molecule has 116 valence electrons. The molecule has 0 saturated carbocycles. The fourth-order valence-corrected chi connectivity index (χ4v) is 3.07. The molecule has 0 radical (unpaired) electrons. The molecular weight excluding hydrogens is 276 g/mol. The van der Waals surface area contributed by atoms with E-state index < -0.39 is 0 Å². The summed E-state index contributed by atoms with van der Waals surface area (Å²) < 4.78 is 0. The van der Waals surface area contributed by atoms with Gasteiger partial charge in [-0.2, -0.15) is 0 Å². The molecular formula is C20H29Cl. The van der Waals surface area contributed by atoms with E-state index in [-0.39, 0.29) is 0 Å². The van der Waals surface area contributed by atoms with Crippen molar-refractivity contribution in [2.45, 2.75) is 53.9 Å². The third-order valence-corrected chi connectivity index (χ3v) is 4.33. The minimum atomic E-state index is 0.314. The quantitative estimate of drug-likeness (QED) is 0.389. The monoisotopic (exact) mass is 304 g/mol. The Bertz CT molecular complexity index is 496. The molecule has 0 aromatic rings. The maximum atomic E-state index is 5.67. The fraction of sp³-hybridized carbons (Fsp3) is 0.500. The van der Waals surface area contributed by atoms with Crippen molar-refractivity contribution in [3.05, 3.63) is 58.7 Å². The molecule has 0 aliphatic heterocycles. The van der Waals surface area contributed by atoms with Gasteiger partial charge in [0, 0.05) is 5.88 Å². The van der Waals surface area contributed by atoms with E-state index in [0.717, 1.165) is 0 Å². The third-order valence-electron chi connectivity index (χ3n) is 4.17. The summed E-state index contributed by atoms with van der Waals surface area (Å²) in [5.41, 5.74) is 5.85. The molecule has 0 aromatic carbocycles. The van der Waals surface area contributed by atoms with E-state index >= 15 is 0 Å². The molecule has 1 heteroatoms. The molecule has 0 bridgehead atoms. The summed E-state index contributed by atoms with van der Waals surface area (Å²) in [6, 6.07) is 0. The zero-order valence-electron chi connectivity index (χ0n) is 14.2. The molecule has 1 aliphatic rings. The van der Waals surface area contributed by atoms with Crippen LogP contribution in [0.5, 0.6) is 0 Å². The van der Waals surface area contributed by atoms with Gasteiger partial charge in [0.15, 0.2) is 0 Å². The predicted octanol–water partition coefficient (Wildman–Crippen LogP) is 6.76. The molecule has 0 saturated heterocycles. The Labute approximate surface area is 136 Å². The van der Waals surface area contributed by atoms with Crippen LogP contribution in [0.2, 0.25) is 0 Å². The first kappa shape index (κ1) is 18.0. The molecule has 21 heavy (non-hydrogen) atoms. The van der Waals surface area contributed by atoms with E-state index in [1.165, 1.54) is 36.0 Å². The lowest BCUT2D eigenvalue weighted by Crippen LogP contribution is -2.19. The van der Waals surface area contributed by atoms with Crippen molar-refractivity contribution in [3.8, 4) is 0 Å². The highest BCUT2D eigenvalue weighted by Crippen LogP contribution is 2.40. The normalized spacial score (nSPS) is 20.9. The van der Waals surface area contributed by atoms with E-state index in [2.05, 4.69) is 65.0 Å². The molecule has 0 atom stereocenters. The van der Waals surface area contributed by atoms with Crippen LogP contribution >= 0.6 is 11.6 Å². The van der Waals surface area contributed by atoms with Gasteiger partial charge in [-0.3, -0.25) is 0 Å². The first-order valence-electron chi connectivity index (χ1n) is 7.83. The van der Waals surface area contributed by atoms with E-state index in [4.69, 9.17) is 11.6 Å². The largest absolute Gasteiger partial charge is 0.122 e. The molecule has 0 spiro atoms. The van der Waals surface area contributed by atoms with Crippen LogP contribution in [0.15, 0.2) is 58.7 Å². The molecule has 0 nitrogen and oxygen atoms in total. The summed E-state index contributed by atoms with van der Waals surface area (Å²) in [4.78, 5) is 0. The highest BCUT2D eigenvalue weighted by Gasteiger charge is 2.26. The molecule has 0 N–H and O–H groups in total. The highest BCUT2D eigenvalue weighted by molar-refractivity contribution is 6.18. The second kappa shape index (κ2) is 8.44. The van der Waals surface area contributed by atoms with Gasteiger partial charge in [-0.05, 0) is 51.0 Å². The van der Waals surface area contributed by atoms with Crippen molar-refractivity contribution in [3.63, 3.8) is 0 Å². The number of rotatable bonds is 5. The van der Waals surface area contributed by atoms with Crippen LogP contribution in [0.1, 0.15) is 53.9 Å². The summed E-state index contributed by atoms with van der Waals surface area (Å²) >= 11 is 5.67. The van der Waals surface area contributed by atoms with Crippen LogP contribution in [-0.4, -0.2) is 5.88 Å². The summed E-state index contributed by atoms with van der Waals surface area (Å²) in [7, 11) is 0. The Kier molecular flexibility index (Phi) is 7.25. The maximum absolute atomic E-state index is 5.67. The molecule has 0 amide bonds. The van der Waals surface area contributed by atoms with E-state index in [1.807, 2.05) is 6.08 Å². The average molecular weight is 305 g/mol. The van der Waals surface area contributed by atoms with Crippen molar-refractivity contribution in [2.75, 3.05) is 5.88 Å². The summed E-state index contributed by atoms with van der Waals surface area (Å²) in [6.45, 7) is 11.2. The van der Waals surface area contributed by atoms with Crippen molar-refractivity contribution >= 4 is 11.6 Å². The van der Waals surface area contributed by atoms with E-state index in [1.54, 1.807) is 5.57 Å². The lowest BCUT2D eigenvalue weighted by molar-refractivity contribution is 0.377. The zero-order chi connectivity index (χ0) is 15.9. The van der Waals surface area contributed by atoms with Crippen LogP contribution in [0.25, 0.3) is 0 Å². The average Bonchev–Trinajstić information content (AvgIpc) is 2.37. The van der Waals surface area contributed by atoms with Crippen molar-refractivity contribution in [1.29, 1.82) is 0 Å². The standard InChI is InChI=1S/C20H29Cl/c1-16(8-6-9-17(2)13-15-21)11-12-19-18(3)10-7-14-20(19,4)5/h6,8-9,11-13H,7,10,14-15H2,1-5H3/b9-6+,12-11+,16-8+,17-13+. The van der Waals surface area contributed by atoms with Crippen LogP contribution in [0.4, 0.5) is 0 Å². The smallest absolute Gasteiger partial charge is 0.0409 e. The number of hydrogen-bond acceptors (Lipinski definition) is 0. The highest BCUT2D eigenvalue weighted by atomic mass is 35.5. The molecule has 0 aromatic heterocycles. The molecule has 0 heterocycles. The van der Waals surface area contributed by atoms with E-state index in [0.29, 0.717) is 11.3 Å². The van der Waals surface area contributed by atoms with Crippen molar-refractivity contribution in [2.24, 2.45) is 5.41 Å². The van der Waals surface area contributed by atoms with Crippen LogP contribution in [-0.2, 0) is 0 Å². The second-order valence-electron chi connectivity index (χ2n) is 6.64. The van der Waals surface area contributed by atoms with Gasteiger partial charge in [-0.15, -0.1) is 11.6 Å². The molecule has 0 fully saturated rings. The molecule has 0 unspecified atom stereocenters. The van der Waals surface area contributed by atoms with Gasteiger partial charge in [0.05, 0.1) is 0 Å². The minimum absolute atomic E-state index is 0.314. The Morgan fingerprint density at radius 3 is 2.52 bits per heavy atom. The first-order chi connectivity index (χ1) is 9.86. The topological polar surface area (TPSA) is 0 Å². The van der Waals surface area contributed by atoms with Gasteiger partial charge in [-0.25, -0.2) is 0 Å². The number of allylic oxidation sites excluding steroid dienone is 10. The van der Waals surface area contributed by atoms with Gasteiger partial charge in [0.1, 0.15) is 0 Å². The van der Waals surface area contributed by atoms with Gasteiger partial charge < -0.3 is 0 Å². The fourth-order valence-electron chi connectivity index (χ4n) is 2.82. The Balaban J connectivity index is 2.78. The SMILES string of the molecule is CC1=C(/C=C/C(C)=C/C=C/C(C)=C/CCl)C(C)(C)CCC1.